The van der Waals surface area contributed by atoms with Crippen molar-refractivity contribution in [2.24, 2.45) is 0 Å². The van der Waals surface area contributed by atoms with Gasteiger partial charge < -0.3 is 9.32 Å². The molecule has 2 aromatic rings. The molecule has 2 saturated heterocycles. The lowest BCUT2D eigenvalue weighted by Crippen LogP contribution is -2.61. The fraction of sp³-hybridized carbons (Fsp3) is 0.500. The molecular weight excluding hydrogens is 298 g/mol. The van der Waals surface area contributed by atoms with Gasteiger partial charge in [-0.2, -0.15) is 0 Å². The monoisotopic (exact) mass is 325 g/mol. The van der Waals surface area contributed by atoms with Crippen LogP contribution in [0, 0.1) is 6.92 Å². The highest BCUT2D eigenvalue weighted by Crippen LogP contribution is 2.24. The summed E-state index contributed by atoms with van der Waals surface area (Å²) >= 11 is 0. The zero-order valence-electron chi connectivity index (χ0n) is 14.7. The van der Waals surface area contributed by atoms with Crippen LogP contribution < -0.4 is 0 Å². The summed E-state index contributed by atoms with van der Waals surface area (Å²) in [5.41, 5.74) is 2.55. The van der Waals surface area contributed by atoms with Gasteiger partial charge in [0.1, 0.15) is 11.5 Å². The molecule has 2 aliphatic heterocycles. The molecule has 0 unspecified atom stereocenters. The minimum Gasteiger partial charge on any atom is -0.461 e. The molecule has 0 amide bonds. The minimum absolute atomic E-state index is 0.688. The smallest absolute Gasteiger partial charge is 0.134 e. The van der Waals surface area contributed by atoms with Gasteiger partial charge in [-0.05, 0) is 37.7 Å². The van der Waals surface area contributed by atoms with Crippen molar-refractivity contribution in [1.82, 2.24) is 14.7 Å². The molecule has 0 N–H and O–H groups in total. The summed E-state index contributed by atoms with van der Waals surface area (Å²) < 4.78 is 5.77. The zero-order valence-corrected chi connectivity index (χ0v) is 14.7. The number of benzene rings is 1. The van der Waals surface area contributed by atoms with Crippen molar-refractivity contribution in [2.45, 2.75) is 19.5 Å². The third-order valence-corrected chi connectivity index (χ3v) is 5.34. The molecule has 128 valence electrons. The van der Waals surface area contributed by atoms with Crippen LogP contribution in [0.15, 0.2) is 40.8 Å². The van der Waals surface area contributed by atoms with Gasteiger partial charge in [-0.15, -0.1) is 0 Å². The second kappa shape index (κ2) is 6.71. The quantitative estimate of drug-likeness (QED) is 0.865. The van der Waals surface area contributed by atoms with Crippen LogP contribution in [0.4, 0.5) is 0 Å². The summed E-state index contributed by atoms with van der Waals surface area (Å²) in [6, 6.07) is 13.6. The SMILES string of the molecule is Cc1ccc(-c2cccc(CN3CCN4CCN(C)C[C@@H]4C3)c2)o1. The molecule has 0 bridgehead atoms. The highest BCUT2D eigenvalue weighted by molar-refractivity contribution is 5.58. The Balaban J connectivity index is 1.44. The molecule has 4 nitrogen and oxygen atoms in total. The molecule has 1 aromatic carbocycles. The third kappa shape index (κ3) is 3.41. The van der Waals surface area contributed by atoms with Crippen molar-refractivity contribution < 1.29 is 4.42 Å². The van der Waals surface area contributed by atoms with E-state index in [1.54, 1.807) is 0 Å². The van der Waals surface area contributed by atoms with Crippen LogP contribution in [0.25, 0.3) is 11.3 Å². The maximum atomic E-state index is 5.77. The van der Waals surface area contributed by atoms with E-state index in [4.69, 9.17) is 4.42 Å². The lowest BCUT2D eigenvalue weighted by molar-refractivity contribution is 0.0175. The molecule has 0 spiro atoms. The van der Waals surface area contributed by atoms with Crippen LogP contribution in [-0.4, -0.2) is 67.1 Å². The van der Waals surface area contributed by atoms with Crippen molar-refractivity contribution >= 4 is 0 Å². The first kappa shape index (κ1) is 15.9. The standard InChI is InChI=1S/C20H27N3O/c1-16-6-7-20(24-16)18-5-3-4-17(12-18)13-22-9-11-23-10-8-21(2)14-19(23)15-22/h3-7,12,19H,8-11,13-15H2,1-2H3/t19-/m1/s1. The average Bonchev–Trinajstić information content (AvgIpc) is 3.01. The third-order valence-electron chi connectivity index (χ3n) is 5.34. The topological polar surface area (TPSA) is 22.9 Å². The van der Waals surface area contributed by atoms with E-state index < -0.39 is 0 Å². The molecule has 3 heterocycles. The predicted octanol–water partition coefficient (Wildman–Crippen LogP) is 2.69. The number of fused-ring (bicyclic) bond motifs is 1. The van der Waals surface area contributed by atoms with Gasteiger partial charge in [-0.3, -0.25) is 9.80 Å². The second-order valence-electron chi connectivity index (χ2n) is 7.30. The average molecular weight is 325 g/mol. The first-order valence-electron chi connectivity index (χ1n) is 8.98. The van der Waals surface area contributed by atoms with E-state index in [0.29, 0.717) is 6.04 Å². The Bertz CT molecular complexity index is 696. The van der Waals surface area contributed by atoms with Crippen LogP contribution in [0.1, 0.15) is 11.3 Å². The van der Waals surface area contributed by atoms with E-state index in [2.05, 4.69) is 52.1 Å². The number of piperazine rings is 2. The molecule has 24 heavy (non-hydrogen) atoms. The van der Waals surface area contributed by atoms with Gasteiger partial charge in [0.25, 0.3) is 0 Å². The summed E-state index contributed by atoms with van der Waals surface area (Å²) in [6.07, 6.45) is 0. The Morgan fingerprint density at radius 2 is 1.92 bits per heavy atom. The van der Waals surface area contributed by atoms with Crippen molar-refractivity contribution in [3.05, 3.63) is 47.7 Å². The molecule has 4 rings (SSSR count). The fourth-order valence-corrected chi connectivity index (χ4v) is 3.99. The molecule has 2 aliphatic rings. The van der Waals surface area contributed by atoms with Crippen molar-refractivity contribution in [1.29, 1.82) is 0 Å². The van der Waals surface area contributed by atoms with E-state index in [1.807, 2.05) is 13.0 Å². The number of furan rings is 1. The van der Waals surface area contributed by atoms with Gasteiger partial charge in [0.2, 0.25) is 0 Å². The maximum Gasteiger partial charge on any atom is 0.134 e. The zero-order chi connectivity index (χ0) is 16.5. The van der Waals surface area contributed by atoms with Crippen LogP contribution in [-0.2, 0) is 6.54 Å². The normalized spacial score (nSPS) is 23.3. The summed E-state index contributed by atoms with van der Waals surface area (Å²) in [6.45, 7) is 10.2. The largest absolute Gasteiger partial charge is 0.461 e. The Kier molecular flexibility index (Phi) is 4.44. The maximum absolute atomic E-state index is 5.77. The van der Waals surface area contributed by atoms with Crippen molar-refractivity contribution in [3.63, 3.8) is 0 Å². The van der Waals surface area contributed by atoms with Crippen LogP contribution in [0.2, 0.25) is 0 Å². The fourth-order valence-electron chi connectivity index (χ4n) is 3.99. The van der Waals surface area contributed by atoms with E-state index in [9.17, 15) is 0 Å². The number of nitrogens with zero attached hydrogens (tertiary/aromatic N) is 3. The van der Waals surface area contributed by atoms with E-state index in [0.717, 1.165) is 18.1 Å². The number of aryl methyl sites for hydroxylation is 1. The van der Waals surface area contributed by atoms with Crippen LogP contribution in [0.5, 0.6) is 0 Å². The summed E-state index contributed by atoms with van der Waals surface area (Å²) in [5, 5.41) is 0. The number of rotatable bonds is 3. The number of hydrogen-bond acceptors (Lipinski definition) is 4. The summed E-state index contributed by atoms with van der Waals surface area (Å²) in [4.78, 5) is 7.73. The molecule has 0 saturated carbocycles. The van der Waals surface area contributed by atoms with Gasteiger partial charge >= 0.3 is 0 Å². The van der Waals surface area contributed by atoms with E-state index in [1.165, 1.54) is 50.4 Å². The molecule has 4 heteroatoms. The Hall–Kier alpha value is -1.62. The highest BCUT2D eigenvalue weighted by atomic mass is 16.3. The number of hydrogen-bond donors (Lipinski definition) is 0. The molecule has 1 aromatic heterocycles. The Labute approximate surface area is 144 Å². The van der Waals surface area contributed by atoms with Crippen molar-refractivity contribution in [3.8, 4) is 11.3 Å². The number of likely N-dealkylation sites (N-methyl/N-ethyl adjacent to an activating group) is 1. The lowest BCUT2D eigenvalue weighted by atomic mass is 10.1. The summed E-state index contributed by atoms with van der Waals surface area (Å²) in [7, 11) is 2.24. The Morgan fingerprint density at radius 3 is 2.75 bits per heavy atom. The van der Waals surface area contributed by atoms with Crippen LogP contribution in [0.3, 0.4) is 0 Å². The van der Waals surface area contributed by atoms with Gasteiger partial charge in [0.15, 0.2) is 0 Å². The summed E-state index contributed by atoms with van der Waals surface area (Å²) in [5.74, 6) is 1.93. The second-order valence-corrected chi connectivity index (χ2v) is 7.30. The first-order valence-corrected chi connectivity index (χ1v) is 8.98. The van der Waals surface area contributed by atoms with Crippen LogP contribution >= 0.6 is 0 Å². The highest BCUT2D eigenvalue weighted by Gasteiger charge is 2.30. The first-order chi connectivity index (χ1) is 11.7. The Morgan fingerprint density at radius 1 is 1.04 bits per heavy atom. The molecule has 0 aliphatic carbocycles. The van der Waals surface area contributed by atoms with Gasteiger partial charge in [0, 0.05) is 57.4 Å². The lowest BCUT2D eigenvalue weighted by Gasteiger charge is -2.46. The van der Waals surface area contributed by atoms with Gasteiger partial charge in [0.05, 0.1) is 0 Å². The van der Waals surface area contributed by atoms with Gasteiger partial charge in [-0.1, -0.05) is 18.2 Å². The molecular formula is C20H27N3O. The van der Waals surface area contributed by atoms with Crippen molar-refractivity contribution in [2.75, 3.05) is 46.3 Å². The molecule has 2 fully saturated rings. The van der Waals surface area contributed by atoms with E-state index in [-0.39, 0.29) is 0 Å². The molecule has 1 atom stereocenters. The minimum atomic E-state index is 0.688. The van der Waals surface area contributed by atoms with Gasteiger partial charge in [-0.25, -0.2) is 0 Å². The molecule has 0 radical (unpaired) electrons. The predicted molar refractivity (Wildman–Crippen MR) is 97.0 cm³/mol. The van der Waals surface area contributed by atoms with E-state index >= 15 is 0 Å².